The molecule has 2 fully saturated rings. The fourth-order valence-electron chi connectivity index (χ4n) is 3.48. The van der Waals surface area contributed by atoms with Crippen molar-refractivity contribution in [2.75, 3.05) is 11.4 Å². The van der Waals surface area contributed by atoms with Crippen LogP contribution in [0.25, 0.3) is 0 Å². The Morgan fingerprint density at radius 1 is 1.29 bits per heavy atom. The Labute approximate surface area is 122 Å². The van der Waals surface area contributed by atoms with Gasteiger partial charge in [0.15, 0.2) is 0 Å². The molecule has 4 heterocycles. The highest BCUT2D eigenvalue weighted by molar-refractivity contribution is 5.97. The molecule has 0 bridgehead atoms. The van der Waals surface area contributed by atoms with Gasteiger partial charge in [0.25, 0.3) is 0 Å². The van der Waals surface area contributed by atoms with Gasteiger partial charge in [-0.25, -0.2) is 9.97 Å². The van der Waals surface area contributed by atoms with Gasteiger partial charge in [-0.3, -0.25) is 9.69 Å². The van der Waals surface area contributed by atoms with Crippen LogP contribution in [0.3, 0.4) is 0 Å². The molecule has 21 heavy (non-hydrogen) atoms. The van der Waals surface area contributed by atoms with Crippen LogP contribution in [0, 0.1) is 0 Å². The molecule has 0 aromatic carbocycles. The van der Waals surface area contributed by atoms with Crippen molar-refractivity contribution in [1.82, 2.24) is 14.9 Å². The number of hydrogen-bond acceptors (Lipinski definition) is 5. The first kappa shape index (κ1) is 12.5. The van der Waals surface area contributed by atoms with E-state index in [1.165, 1.54) is 6.33 Å². The minimum absolute atomic E-state index is 0.156. The van der Waals surface area contributed by atoms with E-state index in [9.17, 15) is 4.79 Å². The number of furan rings is 1. The van der Waals surface area contributed by atoms with Gasteiger partial charge in [0.1, 0.15) is 12.1 Å². The van der Waals surface area contributed by atoms with Crippen LogP contribution in [-0.2, 0) is 11.3 Å². The van der Waals surface area contributed by atoms with Crippen LogP contribution in [0.4, 0.5) is 5.69 Å². The second-order valence-corrected chi connectivity index (χ2v) is 5.54. The molecular formula is C15H16N4O2. The van der Waals surface area contributed by atoms with Gasteiger partial charge in [0, 0.05) is 19.0 Å². The maximum absolute atomic E-state index is 12.4. The zero-order valence-corrected chi connectivity index (χ0v) is 11.6. The normalized spacial score (nSPS) is 25.5. The third-order valence-electron chi connectivity index (χ3n) is 4.37. The Morgan fingerprint density at radius 3 is 2.90 bits per heavy atom. The van der Waals surface area contributed by atoms with Crippen LogP contribution in [0.15, 0.2) is 41.5 Å². The number of aromatic nitrogens is 2. The van der Waals surface area contributed by atoms with Crippen molar-refractivity contribution < 1.29 is 9.21 Å². The van der Waals surface area contributed by atoms with Crippen molar-refractivity contribution >= 4 is 11.6 Å². The smallest absolute Gasteiger partial charge is 0.229 e. The van der Waals surface area contributed by atoms with E-state index in [1.807, 2.05) is 17.0 Å². The quantitative estimate of drug-likeness (QED) is 0.853. The molecule has 2 aliphatic rings. The predicted octanol–water partition coefficient (Wildman–Crippen LogP) is 1.45. The molecule has 4 rings (SSSR count). The van der Waals surface area contributed by atoms with Gasteiger partial charge in [-0.2, -0.15) is 0 Å². The summed E-state index contributed by atoms with van der Waals surface area (Å²) in [4.78, 5) is 24.6. The van der Waals surface area contributed by atoms with E-state index >= 15 is 0 Å². The summed E-state index contributed by atoms with van der Waals surface area (Å²) >= 11 is 0. The van der Waals surface area contributed by atoms with Crippen molar-refractivity contribution in [3.05, 3.63) is 42.9 Å². The number of hydrogen-bond donors (Lipinski definition) is 0. The molecule has 0 N–H and O–H groups in total. The molecule has 0 spiro atoms. The first-order valence-electron chi connectivity index (χ1n) is 7.16. The maximum atomic E-state index is 12.4. The minimum Gasteiger partial charge on any atom is -0.468 e. The first-order valence-corrected chi connectivity index (χ1v) is 7.16. The minimum atomic E-state index is 0.156. The number of likely N-dealkylation sites (tertiary alicyclic amines) is 1. The average Bonchev–Trinajstić information content (AvgIpc) is 3.19. The van der Waals surface area contributed by atoms with Crippen LogP contribution >= 0.6 is 0 Å². The lowest BCUT2D eigenvalue weighted by Crippen LogP contribution is -2.37. The monoisotopic (exact) mass is 284 g/mol. The number of anilines is 1. The zero-order chi connectivity index (χ0) is 14.2. The lowest BCUT2D eigenvalue weighted by Gasteiger charge is -2.24. The average molecular weight is 284 g/mol. The van der Waals surface area contributed by atoms with E-state index in [0.717, 1.165) is 31.0 Å². The number of rotatable bonds is 3. The molecule has 2 saturated heterocycles. The van der Waals surface area contributed by atoms with E-state index in [4.69, 9.17) is 4.42 Å². The van der Waals surface area contributed by atoms with Crippen molar-refractivity contribution in [3.63, 3.8) is 0 Å². The van der Waals surface area contributed by atoms with Crippen LogP contribution in [0.1, 0.15) is 18.6 Å². The van der Waals surface area contributed by atoms with Gasteiger partial charge in [-0.15, -0.1) is 0 Å². The van der Waals surface area contributed by atoms with Gasteiger partial charge >= 0.3 is 0 Å². The van der Waals surface area contributed by atoms with Gasteiger partial charge in [0.2, 0.25) is 5.91 Å². The molecule has 6 nitrogen and oxygen atoms in total. The molecule has 2 unspecified atom stereocenters. The topological polar surface area (TPSA) is 62.5 Å². The molecular weight excluding hydrogens is 268 g/mol. The summed E-state index contributed by atoms with van der Waals surface area (Å²) in [6.07, 6.45) is 8.13. The van der Waals surface area contributed by atoms with Gasteiger partial charge in [0.05, 0.1) is 36.9 Å². The standard InChI is InChI=1S/C15H16N4O2/c20-15-6-14-13(19(15)11-7-16-10-17-8-11)3-4-18(14)9-12-2-1-5-21-12/h1-2,5,7-8,10,13-14H,3-4,6,9H2. The highest BCUT2D eigenvalue weighted by Crippen LogP contribution is 2.36. The number of fused-ring (bicyclic) bond motifs is 1. The van der Waals surface area contributed by atoms with Crippen molar-refractivity contribution in [3.8, 4) is 0 Å². The number of nitrogens with zero attached hydrogens (tertiary/aromatic N) is 4. The zero-order valence-electron chi connectivity index (χ0n) is 11.6. The SMILES string of the molecule is O=C1CC2C(CCN2Cc2ccco2)N1c1cncnc1. The fraction of sp³-hybridized carbons (Fsp3) is 0.400. The van der Waals surface area contributed by atoms with Crippen LogP contribution in [0.2, 0.25) is 0 Å². The number of carbonyl (C=O) groups excluding carboxylic acids is 1. The molecule has 0 radical (unpaired) electrons. The number of amides is 1. The predicted molar refractivity (Wildman–Crippen MR) is 75.4 cm³/mol. The molecule has 2 aromatic rings. The molecule has 1 amide bonds. The Kier molecular flexibility index (Phi) is 2.96. The van der Waals surface area contributed by atoms with Crippen LogP contribution in [0.5, 0.6) is 0 Å². The molecule has 6 heteroatoms. The highest BCUT2D eigenvalue weighted by Gasteiger charge is 2.47. The maximum Gasteiger partial charge on any atom is 0.229 e. The molecule has 108 valence electrons. The first-order chi connectivity index (χ1) is 10.3. The lowest BCUT2D eigenvalue weighted by atomic mass is 10.1. The largest absolute Gasteiger partial charge is 0.468 e. The van der Waals surface area contributed by atoms with E-state index in [0.29, 0.717) is 6.42 Å². The van der Waals surface area contributed by atoms with Gasteiger partial charge < -0.3 is 9.32 Å². The Hall–Kier alpha value is -2.21. The van der Waals surface area contributed by atoms with E-state index in [-0.39, 0.29) is 18.0 Å². The summed E-state index contributed by atoms with van der Waals surface area (Å²) in [5, 5.41) is 0. The van der Waals surface area contributed by atoms with Crippen LogP contribution in [-0.4, -0.2) is 39.4 Å². The Bertz CT molecular complexity index is 628. The van der Waals surface area contributed by atoms with E-state index in [1.54, 1.807) is 18.7 Å². The van der Waals surface area contributed by atoms with E-state index < -0.39 is 0 Å². The van der Waals surface area contributed by atoms with Crippen molar-refractivity contribution in [2.24, 2.45) is 0 Å². The summed E-state index contributed by atoms with van der Waals surface area (Å²) in [5.41, 5.74) is 0.801. The van der Waals surface area contributed by atoms with Crippen molar-refractivity contribution in [2.45, 2.75) is 31.5 Å². The summed E-state index contributed by atoms with van der Waals surface area (Å²) in [6.45, 7) is 1.74. The molecule has 0 saturated carbocycles. The third kappa shape index (κ3) is 2.12. The number of carbonyl (C=O) groups is 1. The Balaban J connectivity index is 1.55. The summed E-state index contributed by atoms with van der Waals surface area (Å²) in [5.74, 6) is 1.11. The summed E-state index contributed by atoms with van der Waals surface area (Å²) in [6, 6.07) is 4.35. The third-order valence-corrected chi connectivity index (χ3v) is 4.37. The molecule has 2 atom stereocenters. The summed E-state index contributed by atoms with van der Waals surface area (Å²) in [7, 11) is 0. The van der Waals surface area contributed by atoms with Gasteiger partial charge in [-0.1, -0.05) is 0 Å². The van der Waals surface area contributed by atoms with Gasteiger partial charge in [-0.05, 0) is 18.6 Å². The summed E-state index contributed by atoms with van der Waals surface area (Å²) < 4.78 is 5.42. The second kappa shape index (κ2) is 4.96. The lowest BCUT2D eigenvalue weighted by molar-refractivity contribution is -0.117. The Morgan fingerprint density at radius 2 is 2.14 bits per heavy atom. The van der Waals surface area contributed by atoms with Crippen molar-refractivity contribution in [1.29, 1.82) is 0 Å². The highest BCUT2D eigenvalue weighted by atomic mass is 16.3. The molecule has 2 aliphatic heterocycles. The molecule has 0 aliphatic carbocycles. The fourth-order valence-corrected chi connectivity index (χ4v) is 3.48. The second-order valence-electron chi connectivity index (χ2n) is 5.54. The molecule has 2 aromatic heterocycles. The van der Waals surface area contributed by atoms with Crippen LogP contribution < -0.4 is 4.90 Å². The van der Waals surface area contributed by atoms with E-state index in [2.05, 4.69) is 14.9 Å².